The van der Waals surface area contributed by atoms with Crippen molar-refractivity contribution in [2.45, 2.75) is 13.0 Å². The van der Waals surface area contributed by atoms with E-state index in [1.54, 1.807) is 20.2 Å². The first kappa shape index (κ1) is 11.6. The number of amides is 1. The highest BCUT2D eigenvalue weighted by Crippen LogP contribution is 1.80. The summed E-state index contributed by atoms with van der Waals surface area (Å²) in [7, 11) is 0.804. The van der Waals surface area contributed by atoms with Gasteiger partial charge < -0.3 is 10.6 Å². The Morgan fingerprint density at radius 2 is 2.17 bits per heavy atom. The van der Waals surface area contributed by atoms with E-state index in [4.69, 9.17) is 0 Å². The van der Waals surface area contributed by atoms with Crippen LogP contribution in [-0.4, -0.2) is 41.8 Å². The Morgan fingerprint density at radius 3 is 2.58 bits per heavy atom. The van der Waals surface area contributed by atoms with Gasteiger partial charge in [0, 0.05) is 36.4 Å². The van der Waals surface area contributed by atoms with Gasteiger partial charge in [0.25, 0.3) is 0 Å². The van der Waals surface area contributed by atoms with Crippen molar-refractivity contribution >= 4 is 16.7 Å². The Hall–Kier alpha value is -0.420. The largest absolute Gasteiger partial charge is 0.358 e. The molecule has 12 heavy (non-hydrogen) atoms. The molecule has 2 atom stereocenters. The van der Waals surface area contributed by atoms with E-state index in [1.807, 2.05) is 0 Å². The van der Waals surface area contributed by atoms with E-state index in [2.05, 4.69) is 10.6 Å². The maximum Gasteiger partial charge on any atom is 0.236 e. The molecule has 0 aliphatic heterocycles. The molecule has 72 valence electrons. The first-order valence-electron chi connectivity index (χ1n) is 3.83. The minimum atomic E-state index is -0.791. The summed E-state index contributed by atoms with van der Waals surface area (Å²) in [5.74, 6) is 0.540. The molecule has 0 fully saturated rings. The van der Waals surface area contributed by atoms with E-state index in [-0.39, 0.29) is 11.9 Å². The van der Waals surface area contributed by atoms with E-state index < -0.39 is 10.8 Å². The van der Waals surface area contributed by atoms with Gasteiger partial charge in [-0.1, -0.05) is 0 Å². The predicted molar refractivity (Wildman–Crippen MR) is 50.5 cm³/mol. The first-order chi connectivity index (χ1) is 5.57. The maximum absolute atomic E-state index is 10.9. The molecule has 0 radical (unpaired) electrons. The topological polar surface area (TPSA) is 58.2 Å². The smallest absolute Gasteiger partial charge is 0.236 e. The zero-order valence-electron chi connectivity index (χ0n) is 7.72. The third-order valence-electron chi connectivity index (χ3n) is 1.48. The fraction of sp³-hybridized carbons (Fsp3) is 0.857. The quantitative estimate of drug-likeness (QED) is 0.593. The fourth-order valence-corrected chi connectivity index (χ4v) is 1.13. The second-order valence-electron chi connectivity index (χ2n) is 2.57. The molecule has 0 heterocycles. The second-order valence-corrected chi connectivity index (χ2v) is 4.12. The molecular formula is C7H16N2O2S. The van der Waals surface area contributed by atoms with Crippen LogP contribution in [0.1, 0.15) is 6.92 Å². The summed E-state index contributed by atoms with van der Waals surface area (Å²) in [5.41, 5.74) is 0. The number of hydrogen-bond acceptors (Lipinski definition) is 3. The van der Waals surface area contributed by atoms with Gasteiger partial charge in [0.15, 0.2) is 0 Å². The van der Waals surface area contributed by atoms with E-state index >= 15 is 0 Å². The predicted octanol–water partition coefficient (Wildman–Crippen LogP) is -0.911. The Morgan fingerprint density at radius 1 is 1.58 bits per heavy atom. The number of nitrogens with one attached hydrogen (secondary N) is 2. The fourth-order valence-electron chi connectivity index (χ4n) is 0.728. The van der Waals surface area contributed by atoms with Gasteiger partial charge >= 0.3 is 0 Å². The molecule has 0 aromatic rings. The van der Waals surface area contributed by atoms with Gasteiger partial charge in [-0.25, -0.2) is 0 Å². The molecule has 0 spiro atoms. The molecule has 0 aromatic heterocycles. The molecule has 0 saturated heterocycles. The molecular weight excluding hydrogens is 176 g/mol. The number of carbonyl (C=O) groups is 1. The molecule has 0 rings (SSSR count). The Kier molecular flexibility index (Phi) is 5.92. The molecule has 0 bridgehead atoms. The van der Waals surface area contributed by atoms with E-state index in [0.29, 0.717) is 12.3 Å². The van der Waals surface area contributed by atoms with Gasteiger partial charge in [-0.15, -0.1) is 0 Å². The van der Waals surface area contributed by atoms with Crippen LogP contribution < -0.4 is 10.6 Å². The number of hydrogen-bond donors (Lipinski definition) is 2. The molecule has 0 saturated carbocycles. The lowest BCUT2D eigenvalue weighted by molar-refractivity contribution is -0.122. The summed E-state index contributed by atoms with van der Waals surface area (Å²) in [5, 5.41) is 5.49. The molecule has 0 aliphatic carbocycles. The highest BCUT2D eigenvalue weighted by atomic mass is 32.2. The Bertz CT molecular complexity index is 173. The van der Waals surface area contributed by atoms with Crippen LogP contribution >= 0.6 is 0 Å². The zero-order valence-corrected chi connectivity index (χ0v) is 8.53. The van der Waals surface area contributed by atoms with Crippen molar-refractivity contribution in [3.8, 4) is 0 Å². The third-order valence-corrected chi connectivity index (χ3v) is 2.26. The Labute approximate surface area is 75.6 Å². The molecule has 2 N–H and O–H groups in total. The minimum Gasteiger partial charge on any atom is -0.358 e. The van der Waals surface area contributed by atoms with Gasteiger partial charge in [-0.2, -0.15) is 0 Å². The van der Waals surface area contributed by atoms with Crippen LogP contribution in [0, 0.1) is 0 Å². The number of carbonyl (C=O) groups excluding carboxylic acids is 1. The molecule has 0 aromatic carbocycles. The lowest BCUT2D eigenvalue weighted by Crippen LogP contribution is -2.41. The SMILES string of the molecule is CNC(=O)C(C)NCCS(C)=O. The molecule has 2 unspecified atom stereocenters. The summed E-state index contributed by atoms with van der Waals surface area (Å²) in [6.45, 7) is 2.38. The molecule has 4 nitrogen and oxygen atoms in total. The molecule has 1 amide bonds. The summed E-state index contributed by atoms with van der Waals surface area (Å²) >= 11 is 0. The molecule has 0 aliphatic rings. The number of likely N-dealkylation sites (N-methyl/N-ethyl adjacent to an activating group) is 1. The summed E-state index contributed by atoms with van der Waals surface area (Å²) in [4.78, 5) is 10.9. The van der Waals surface area contributed by atoms with Crippen LogP contribution in [-0.2, 0) is 15.6 Å². The van der Waals surface area contributed by atoms with Crippen molar-refractivity contribution < 1.29 is 9.00 Å². The van der Waals surface area contributed by atoms with Crippen molar-refractivity contribution in [2.24, 2.45) is 0 Å². The van der Waals surface area contributed by atoms with Gasteiger partial charge in [0.1, 0.15) is 0 Å². The van der Waals surface area contributed by atoms with Crippen LogP contribution in [0.4, 0.5) is 0 Å². The molecule has 5 heteroatoms. The van der Waals surface area contributed by atoms with E-state index in [9.17, 15) is 9.00 Å². The summed E-state index contributed by atoms with van der Waals surface area (Å²) in [6, 6.07) is -0.210. The monoisotopic (exact) mass is 192 g/mol. The third kappa shape index (κ3) is 5.26. The minimum absolute atomic E-state index is 0.0446. The lowest BCUT2D eigenvalue weighted by Gasteiger charge is -2.10. The van der Waals surface area contributed by atoms with Gasteiger partial charge in [-0.3, -0.25) is 9.00 Å². The van der Waals surface area contributed by atoms with Crippen LogP contribution in [0.25, 0.3) is 0 Å². The first-order valence-corrected chi connectivity index (χ1v) is 5.55. The van der Waals surface area contributed by atoms with Crippen LogP contribution in [0.2, 0.25) is 0 Å². The van der Waals surface area contributed by atoms with Crippen molar-refractivity contribution in [3.63, 3.8) is 0 Å². The second kappa shape index (κ2) is 6.14. The van der Waals surface area contributed by atoms with Crippen LogP contribution in [0.15, 0.2) is 0 Å². The van der Waals surface area contributed by atoms with Gasteiger partial charge in [-0.05, 0) is 6.92 Å². The van der Waals surface area contributed by atoms with Gasteiger partial charge in [0.05, 0.1) is 6.04 Å². The van der Waals surface area contributed by atoms with Crippen LogP contribution in [0.3, 0.4) is 0 Å². The van der Waals surface area contributed by atoms with E-state index in [0.717, 1.165) is 0 Å². The zero-order chi connectivity index (χ0) is 9.56. The van der Waals surface area contributed by atoms with E-state index in [1.165, 1.54) is 0 Å². The highest BCUT2D eigenvalue weighted by Gasteiger charge is 2.08. The Balaban J connectivity index is 3.50. The average molecular weight is 192 g/mol. The normalized spacial score (nSPS) is 15.2. The van der Waals surface area contributed by atoms with Crippen molar-refractivity contribution in [1.82, 2.24) is 10.6 Å². The van der Waals surface area contributed by atoms with Crippen LogP contribution in [0.5, 0.6) is 0 Å². The van der Waals surface area contributed by atoms with Gasteiger partial charge in [0.2, 0.25) is 5.91 Å². The average Bonchev–Trinajstić information content (AvgIpc) is 2.02. The standard InChI is InChI=1S/C7H16N2O2S/c1-6(7(10)8-2)9-4-5-12(3)11/h6,9H,4-5H2,1-3H3,(H,8,10). The maximum atomic E-state index is 10.9. The van der Waals surface area contributed by atoms with Crippen molar-refractivity contribution in [3.05, 3.63) is 0 Å². The lowest BCUT2D eigenvalue weighted by atomic mass is 10.3. The summed E-state index contributed by atoms with van der Waals surface area (Å²) in [6.07, 6.45) is 1.65. The van der Waals surface area contributed by atoms with Crippen molar-refractivity contribution in [2.75, 3.05) is 25.6 Å². The number of rotatable bonds is 5. The highest BCUT2D eigenvalue weighted by molar-refractivity contribution is 7.84. The van der Waals surface area contributed by atoms with Crippen molar-refractivity contribution in [1.29, 1.82) is 0 Å². The summed E-state index contributed by atoms with van der Waals surface area (Å²) < 4.78 is 10.6.